The van der Waals surface area contributed by atoms with Crippen molar-refractivity contribution in [2.75, 3.05) is 13.3 Å². The molecular formula is C11H24NO2P. The SMILES string of the molecule is CP(C)OC1CC(C)(C)N(O)C(C)(C)C1. The Morgan fingerprint density at radius 2 is 1.53 bits per heavy atom. The maximum Gasteiger partial charge on any atom is 0.0654 e. The highest BCUT2D eigenvalue weighted by molar-refractivity contribution is 7.50. The van der Waals surface area contributed by atoms with Crippen molar-refractivity contribution >= 4 is 8.15 Å². The fourth-order valence-corrected chi connectivity index (χ4v) is 3.30. The van der Waals surface area contributed by atoms with E-state index in [9.17, 15) is 5.21 Å². The topological polar surface area (TPSA) is 32.7 Å². The summed E-state index contributed by atoms with van der Waals surface area (Å²) in [5.74, 6) is 0. The third kappa shape index (κ3) is 3.13. The molecule has 0 amide bonds. The van der Waals surface area contributed by atoms with Gasteiger partial charge in [-0.3, -0.25) is 0 Å². The smallest absolute Gasteiger partial charge is 0.0654 e. The van der Waals surface area contributed by atoms with Crippen LogP contribution < -0.4 is 0 Å². The van der Waals surface area contributed by atoms with Crippen molar-refractivity contribution < 1.29 is 9.73 Å². The average Bonchev–Trinajstić information content (AvgIpc) is 1.97. The van der Waals surface area contributed by atoms with E-state index < -0.39 is 0 Å². The average molecular weight is 233 g/mol. The molecule has 1 aliphatic heterocycles. The highest BCUT2D eigenvalue weighted by Crippen LogP contribution is 2.42. The van der Waals surface area contributed by atoms with E-state index in [-0.39, 0.29) is 25.3 Å². The first-order valence-corrected chi connectivity index (χ1v) is 7.64. The quantitative estimate of drug-likeness (QED) is 0.744. The van der Waals surface area contributed by atoms with Gasteiger partial charge in [0, 0.05) is 19.2 Å². The van der Waals surface area contributed by atoms with Crippen molar-refractivity contribution in [3.8, 4) is 0 Å². The molecule has 0 saturated carbocycles. The molecule has 1 fully saturated rings. The van der Waals surface area contributed by atoms with Gasteiger partial charge in [0.25, 0.3) is 0 Å². The molecule has 90 valence electrons. The molecule has 1 rings (SSSR count). The first-order chi connectivity index (χ1) is 6.65. The second-order valence-corrected chi connectivity index (χ2v) is 7.72. The summed E-state index contributed by atoms with van der Waals surface area (Å²) < 4.78 is 5.94. The molecule has 0 aliphatic carbocycles. The summed E-state index contributed by atoms with van der Waals surface area (Å²) in [6, 6.07) is 0. The summed E-state index contributed by atoms with van der Waals surface area (Å²) in [6.45, 7) is 12.5. The lowest BCUT2D eigenvalue weighted by Crippen LogP contribution is -2.60. The molecule has 0 aromatic carbocycles. The predicted molar refractivity (Wildman–Crippen MR) is 64.7 cm³/mol. The van der Waals surface area contributed by atoms with Crippen LogP contribution in [-0.2, 0) is 4.52 Å². The van der Waals surface area contributed by atoms with Crippen LogP contribution >= 0.6 is 8.15 Å². The summed E-state index contributed by atoms with van der Waals surface area (Å²) >= 11 is 0. The maximum atomic E-state index is 10.1. The van der Waals surface area contributed by atoms with Gasteiger partial charge in [-0.25, -0.2) is 0 Å². The zero-order valence-electron chi connectivity index (χ0n) is 10.7. The normalized spacial score (nSPS) is 27.2. The molecule has 0 aromatic heterocycles. The zero-order valence-corrected chi connectivity index (χ0v) is 11.6. The van der Waals surface area contributed by atoms with Gasteiger partial charge in [0.1, 0.15) is 0 Å². The van der Waals surface area contributed by atoms with Gasteiger partial charge in [0.15, 0.2) is 0 Å². The molecule has 0 spiro atoms. The van der Waals surface area contributed by atoms with Crippen LogP contribution in [-0.4, -0.2) is 40.8 Å². The molecule has 4 heteroatoms. The van der Waals surface area contributed by atoms with Gasteiger partial charge >= 0.3 is 0 Å². The van der Waals surface area contributed by atoms with E-state index in [2.05, 4.69) is 41.0 Å². The minimum atomic E-state index is -0.321. The lowest BCUT2D eigenvalue weighted by Gasteiger charge is -2.51. The molecule has 0 aromatic rings. The minimum absolute atomic E-state index is 0.197. The molecule has 0 bridgehead atoms. The standard InChI is InChI=1S/C11H24NO2P/c1-10(2)7-9(14-15(5)6)8-11(3,4)12(10)13/h9,13H,7-8H2,1-6H3. The van der Waals surface area contributed by atoms with Crippen molar-refractivity contribution in [1.29, 1.82) is 0 Å². The van der Waals surface area contributed by atoms with Crippen LogP contribution in [0.25, 0.3) is 0 Å². The Labute approximate surface area is 94.6 Å². The number of hydrogen-bond donors (Lipinski definition) is 1. The summed E-state index contributed by atoms with van der Waals surface area (Å²) in [6.07, 6.45) is 2.07. The molecule has 1 aliphatic rings. The van der Waals surface area contributed by atoms with E-state index in [4.69, 9.17) is 4.52 Å². The Morgan fingerprint density at radius 3 is 1.87 bits per heavy atom. The Balaban J connectivity index is 2.75. The molecule has 0 atom stereocenters. The Hall–Kier alpha value is 0.310. The molecule has 1 N–H and O–H groups in total. The van der Waals surface area contributed by atoms with Crippen molar-refractivity contribution in [1.82, 2.24) is 5.06 Å². The van der Waals surface area contributed by atoms with Crippen LogP contribution in [0.1, 0.15) is 40.5 Å². The van der Waals surface area contributed by atoms with Crippen LogP contribution in [0.4, 0.5) is 0 Å². The van der Waals surface area contributed by atoms with Crippen molar-refractivity contribution in [2.24, 2.45) is 0 Å². The first kappa shape index (κ1) is 13.4. The fourth-order valence-electron chi connectivity index (χ4n) is 2.55. The second kappa shape index (κ2) is 4.29. The third-order valence-electron chi connectivity index (χ3n) is 2.96. The van der Waals surface area contributed by atoms with E-state index in [1.165, 1.54) is 5.06 Å². The van der Waals surface area contributed by atoms with Gasteiger partial charge < -0.3 is 9.73 Å². The molecule has 3 nitrogen and oxygen atoms in total. The van der Waals surface area contributed by atoms with Gasteiger partial charge in [-0.2, -0.15) is 5.06 Å². The number of hydroxylamine groups is 2. The van der Waals surface area contributed by atoms with Crippen LogP contribution in [0.15, 0.2) is 0 Å². The number of piperidine rings is 1. The number of hydrogen-bond acceptors (Lipinski definition) is 3. The van der Waals surface area contributed by atoms with Crippen molar-refractivity contribution in [3.05, 3.63) is 0 Å². The zero-order chi connectivity index (χ0) is 11.9. The lowest BCUT2D eigenvalue weighted by atomic mass is 9.80. The Kier molecular flexibility index (Phi) is 3.83. The van der Waals surface area contributed by atoms with Crippen LogP contribution in [0.2, 0.25) is 0 Å². The van der Waals surface area contributed by atoms with Crippen molar-refractivity contribution in [2.45, 2.75) is 57.7 Å². The van der Waals surface area contributed by atoms with Gasteiger partial charge in [0.05, 0.1) is 6.10 Å². The summed E-state index contributed by atoms with van der Waals surface area (Å²) in [5, 5.41) is 11.6. The molecule has 1 heterocycles. The fraction of sp³-hybridized carbons (Fsp3) is 1.00. The van der Waals surface area contributed by atoms with Gasteiger partial charge in [0.2, 0.25) is 0 Å². The molecule has 0 radical (unpaired) electrons. The van der Waals surface area contributed by atoms with E-state index in [0.717, 1.165) is 12.8 Å². The van der Waals surface area contributed by atoms with Crippen LogP contribution in [0, 0.1) is 0 Å². The van der Waals surface area contributed by atoms with E-state index in [1.807, 2.05) is 0 Å². The van der Waals surface area contributed by atoms with Crippen LogP contribution in [0.5, 0.6) is 0 Å². The molecule has 1 saturated heterocycles. The van der Waals surface area contributed by atoms with Crippen molar-refractivity contribution in [3.63, 3.8) is 0 Å². The van der Waals surface area contributed by atoms with E-state index >= 15 is 0 Å². The predicted octanol–water partition coefficient (Wildman–Crippen LogP) is 3.07. The second-order valence-electron chi connectivity index (χ2n) is 5.88. The van der Waals surface area contributed by atoms with Gasteiger partial charge in [-0.05, 0) is 53.9 Å². The maximum absolute atomic E-state index is 10.1. The molecular weight excluding hydrogens is 209 g/mol. The molecule has 15 heavy (non-hydrogen) atoms. The third-order valence-corrected chi connectivity index (χ3v) is 3.68. The monoisotopic (exact) mass is 233 g/mol. The summed E-state index contributed by atoms with van der Waals surface area (Å²) in [5.41, 5.74) is -0.393. The summed E-state index contributed by atoms with van der Waals surface area (Å²) in [7, 11) is -0.321. The Morgan fingerprint density at radius 1 is 1.13 bits per heavy atom. The number of nitrogens with zero attached hydrogens (tertiary/aromatic N) is 1. The highest BCUT2D eigenvalue weighted by Gasteiger charge is 2.45. The van der Waals surface area contributed by atoms with E-state index in [1.54, 1.807) is 0 Å². The van der Waals surface area contributed by atoms with Gasteiger partial charge in [-0.1, -0.05) is 0 Å². The first-order valence-electron chi connectivity index (χ1n) is 5.48. The largest absolute Gasteiger partial charge is 0.356 e. The van der Waals surface area contributed by atoms with Gasteiger partial charge in [-0.15, -0.1) is 0 Å². The minimum Gasteiger partial charge on any atom is -0.356 e. The Bertz CT molecular complexity index is 211. The lowest BCUT2D eigenvalue weighted by molar-refractivity contribution is -0.254. The molecule has 0 unspecified atom stereocenters. The van der Waals surface area contributed by atoms with Crippen LogP contribution in [0.3, 0.4) is 0 Å². The van der Waals surface area contributed by atoms with E-state index in [0.29, 0.717) is 0 Å². The number of rotatable bonds is 2. The highest BCUT2D eigenvalue weighted by atomic mass is 31.1. The summed E-state index contributed by atoms with van der Waals surface area (Å²) in [4.78, 5) is 0.